The van der Waals surface area contributed by atoms with Crippen LogP contribution in [0.15, 0.2) is 76.6 Å². The van der Waals surface area contributed by atoms with Gasteiger partial charge < -0.3 is 14.6 Å². The number of nitrogens with one attached hydrogen (secondary N) is 1. The van der Waals surface area contributed by atoms with Crippen molar-refractivity contribution in [2.24, 2.45) is 0 Å². The van der Waals surface area contributed by atoms with Crippen molar-refractivity contribution in [2.75, 3.05) is 11.9 Å². The van der Waals surface area contributed by atoms with E-state index in [2.05, 4.69) is 15.5 Å². The number of rotatable bonds is 7. The molecule has 0 unspecified atom stereocenters. The summed E-state index contributed by atoms with van der Waals surface area (Å²) in [5.74, 6) is 1.48. The SMILES string of the molecule is O=C(COc1ccccc1)Nc1ccccc1Cc1nc(-c2cccs2)no1. The fourth-order valence-corrected chi connectivity index (χ4v) is 3.29. The molecular formula is C21H17N3O3S. The zero-order valence-electron chi connectivity index (χ0n) is 14.9. The molecule has 2 aromatic carbocycles. The number of aromatic nitrogens is 2. The Labute approximate surface area is 165 Å². The number of anilines is 1. The van der Waals surface area contributed by atoms with Gasteiger partial charge in [-0.25, -0.2) is 0 Å². The summed E-state index contributed by atoms with van der Waals surface area (Å²) in [6, 6.07) is 20.6. The molecule has 1 amide bonds. The fourth-order valence-electron chi connectivity index (χ4n) is 2.64. The molecule has 0 aliphatic heterocycles. The minimum atomic E-state index is -0.235. The normalized spacial score (nSPS) is 10.6. The lowest BCUT2D eigenvalue weighted by Gasteiger charge is -2.10. The highest BCUT2D eigenvalue weighted by Crippen LogP contribution is 2.23. The Balaban J connectivity index is 1.41. The lowest BCUT2D eigenvalue weighted by Crippen LogP contribution is -2.21. The van der Waals surface area contributed by atoms with Gasteiger partial charge in [-0.15, -0.1) is 11.3 Å². The number of benzene rings is 2. The van der Waals surface area contributed by atoms with Crippen LogP contribution in [0.2, 0.25) is 0 Å². The van der Waals surface area contributed by atoms with Crippen molar-refractivity contribution in [1.29, 1.82) is 0 Å². The van der Waals surface area contributed by atoms with Gasteiger partial charge in [-0.1, -0.05) is 47.6 Å². The van der Waals surface area contributed by atoms with E-state index in [0.717, 1.165) is 10.4 Å². The zero-order valence-corrected chi connectivity index (χ0v) is 15.7. The molecule has 0 saturated carbocycles. The standard InChI is InChI=1S/C21H17N3O3S/c25-19(14-26-16-8-2-1-3-9-16)22-17-10-5-4-7-15(17)13-20-23-21(24-27-20)18-11-6-12-28-18/h1-12H,13-14H2,(H,22,25). The highest BCUT2D eigenvalue weighted by atomic mass is 32.1. The topological polar surface area (TPSA) is 77.2 Å². The van der Waals surface area contributed by atoms with E-state index in [1.165, 1.54) is 0 Å². The maximum atomic E-state index is 12.3. The maximum absolute atomic E-state index is 12.3. The lowest BCUT2D eigenvalue weighted by molar-refractivity contribution is -0.118. The predicted molar refractivity (Wildman–Crippen MR) is 107 cm³/mol. The Bertz CT molecular complexity index is 1050. The first-order valence-electron chi connectivity index (χ1n) is 8.70. The molecule has 0 bridgehead atoms. The van der Waals surface area contributed by atoms with Gasteiger partial charge in [-0.05, 0) is 35.2 Å². The van der Waals surface area contributed by atoms with Gasteiger partial charge in [0.25, 0.3) is 5.91 Å². The number of amides is 1. The Kier molecular flexibility index (Phi) is 5.44. The molecule has 0 aliphatic rings. The number of carbonyl (C=O) groups is 1. The molecule has 1 N–H and O–H groups in total. The molecule has 4 aromatic rings. The molecule has 4 rings (SSSR count). The lowest BCUT2D eigenvalue weighted by atomic mass is 10.1. The summed E-state index contributed by atoms with van der Waals surface area (Å²) < 4.78 is 10.9. The molecule has 7 heteroatoms. The molecule has 2 aromatic heterocycles. The molecule has 0 aliphatic carbocycles. The van der Waals surface area contributed by atoms with E-state index in [1.54, 1.807) is 11.3 Å². The predicted octanol–water partition coefficient (Wildman–Crippen LogP) is 4.41. The van der Waals surface area contributed by atoms with Crippen molar-refractivity contribution < 1.29 is 14.1 Å². The van der Waals surface area contributed by atoms with E-state index >= 15 is 0 Å². The molecule has 0 saturated heterocycles. The molecule has 28 heavy (non-hydrogen) atoms. The average molecular weight is 391 g/mol. The third-order valence-corrected chi connectivity index (χ3v) is 4.82. The summed E-state index contributed by atoms with van der Waals surface area (Å²) in [5, 5.41) is 8.88. The van der Waals surface area contributed by atoms with Gasteiger partial charge in [-0.2, -0.15) is 4.98 Å². The number of hydrogen-bond acceptors (Lipinski definition) is 6. The smallest absolute Gasteiger partial charge is 0.262 e. The van der Waals surface area contributed by atoms with E-state index in [9.17, 15) is 4.79 Å². The molecule has 0 atom stereocenters. The minimum Gasteiger partial charge on any atom is -0.484 e. The number of ether oxygens (including phenoxy) is 1. The van der Waals surface area contributed by atoms with Gasteiger partial charge in [0.2, 0.25) is 11.7 Å². The van der Waals surface area contributed by atoms with Crippen LogP contribution < -0.4 is 10.1 Å². The largest absolute Gasteiger partial charge is 0.484 e. The van der Waals surface area contributed by atoms with Crippen molar-refractivity contribution in [3.05, 3.63) is 83.6 Å². The first kappa shape index (κ1) is 17.9. The number of hydrogen-bond donors (Lipinski definition) is 1. The summed E-state index contributed by atoms with van der Waals surface area (Å²) in [6.45, 7) is -0.0680. The Morgan fingerprint density at radius 2 is 1.86 bits per heavy atom. The van der Waals surface area contributed by atoms with Crippen molar-refractivity contribution in [3.63, 3.8) is 0 Å². The van der Waals surface area contributed by atoms with Crippen molar-refractivity contribution in [3.8, 4) is 16.5 Å². The van der Waals surface area contributed by atoms with Crippen LogP contribution in [0.4, 0.5) is 5.69 Å². The molecule has 0 fully saturated rings. The second-order valence-electron chi connectivity index (χ2n) is 5.97. The zero-order chi connectivity index (χ0) is 19.2. The van der Waals surface area contributed by atoms with Gasteiger partial charge >= 0.3 is 0 Å². The molecular weight excluding hydrogens is 374 g/mol. The number of nitrogens with zero attached hydrogens (tertiary/aromatic N) is 2. The molecule has 2 heterocycles. The fraction of sp³-hybridized carbons (Fsp3) is 0.0952. The number of para-hydroxylation sites is 2. The third kappa shape index (κ3) is 4.44. The first-order valence-corrected chi connectivity index (χ1v) is 9.58. The molecule has 0 radical (unpaired) electrons. The Morgan fingerprint density at radius 3 is 2.68 bits per heavy atom. The molecule has 140 valence electrons. The van der Waals surface area contributed by atoms with Crippen LogP contribution in [0.1, 0.15) is 11.5 Å². The van der Waals surface area contributed by atoms with Crippen molar-refractivity contribution >= 4 is 22.9 Å². The highest BCUT2D eigenvalue weighted by Gasteiger charge is 2.13. The quantitative estimate of drug-likeness (QED) is 0.505. The van der Waals surface area contributed by atoms with E-state index in [0.29, 0.717) is 29.6 Å². The Morgan fingerprint density at radius 1 is 1.04 bits per heavy atom. The van der Waals surface area contributed by atoms with Crippen molar-refractivity contribution in [1.82, 2.24) is 10.1 Å². The van der Waals surface area contributed by atoms with Gasteiger partial charge in [0, 0.05) is 5.69 Å². The maximum Gasteiger partial charge on any atom is 0.262 e. The van der Waals surface area contributed by atoms with Crippen LogP contribution >= 0.6 is 11.3 Å². The molecule has 0 spiro atoms. The minimum absolute atomic E-state index is 0.0680. The van der Waals surface area contributed by atoms with E-state index in [-0.39, 0.29) is 12.5 Å². The van der Waals surface area contributed by atoms with Crippen molar-refractivity contribution in [2.45, 2.75) is 6.42 Å². The average Bonchev–Trinajstić information content (AvgIpc) is 3.41. The summed E-state index contributed by atoms with van der Waals surface area (Å²) in [5.41, 5.74) is 1.58. The van der Waals surface area contributed by atoms with Crippen LogP contribution in [-0.2, 0) is 11.2 Å². The van der Waals surface area contributed by atoms with Gasteiger partial charge in [-0.3, -0.25) is 4.79 Å². The van der Waals surface area contributed by atoms with E-state index in [1.807, 2.05) is 72.1 Å². The molecule has 6 nitrogen and oxygen atoms in total. The monoisotopic (exact) mass is 391 g/mol. The highest BCUT2D eigenvalue weighted by molar-refractivity contribution is 7.13. The van der Waals surface area contributed by atoms with Crippen LogP contribution in [-0.4, -0.2) is 22.7 Å². The van der Waals surface area contributed by atoms with Gasteiger partial charge in [0.15, 0.2) is 6.61 Å². The Hall–Kier alpha value is -3.45. The van der Waals surface area contributed by atoms with E-state index < -0.39 is 0 Å². The first-order chi connectivity index (χ1) is 13.8. The second kappa shape index (κ2) is 8.49. The van der Waals surface area contributed by atoms with Crippen LogP contribution in [0.3, 0.4) is 0 Å². The van der Waals surface area contributed by atoms with Gasteiger partial charge in [0.05, 0.1) is 11.3 Å². The second-order valence-corrected chi connectivity index (χ2v) is 6.92. The number of thiophene rings is 1. The van der Waals surface area contributed by atoms with Gasteiger partial charge in [0.1, 0.15) is 5.75 Å². The summed E-state index contributed by atoms with van der Waals surface area (Å²) >= 11 is 1.55. The van der Waals surface area contributed by atoms with Crippen LogP contribution in [0.5, 0.6) is 5.75 Å². The third-order valence-electron chi connectivity index (χ3n) is 3.96. The van der Waals surface area contributed by atoms with Crippen LogP contribution in [0.25, 0.3) is 10.7 Å². The summed E-state index contributed by atoms with van der Waals surface area (Å²) in [4.78, 5) is 17.7. The summed E-state index contributed by atoms with van der Waals surface area (Å²) in [7, 11) is 0. The number of carbonyl (C=O) groups excluding carboxylic acids is 1. The summed E-state index contributed by atoms with van der Waals surface area (Å²) in [6.07, 6.45) is 0.425. The van der Waals surface area contributed by atoms with Crippen LogP contribution in [0, 0.1) is 0 Å². The van der Waals surface area contributed by atoms with E-state index in [4.69, 9.17) is 9.26 Å².